The number of nitrogens with zero attached hydrogens (tertiary/aromatic N) is 2. The van der Waals surface area contributed by atoms with Crippen LogP contribution in [0.5, 0.6) is 11.5 Å². The highest BCUT2D eigenvalue weighted by Gasteiger charge is 2.17. The molecule has 0 saturated carbocycles. The van der Waals surface area contributed by atoms with Gasteiger partial charge >= 0.3 is 0 Å². The minimum Gasteiger partial charge on any atom is -0.490 e. The van der Waals surface area contributed by atoms with Crippen LogP contribution in [-0.2, 0) is 11.2 Å². The number of fused-ring (bicyclic) bond motifs is 1. The zero-order valence-electron chi connectivity index (χ0n) is 17.7. The van der Waals surface area contributed by atoms with Gasteiger partial charge in [0.25, 0.3) is 0 Å². The zero-order chi connectivity index (χ0) is 21.8. The molecule has 0 aliphatic carbocycles. The highest BCUT2D eigenvalue weighted by atomic mass is 19.1. The fourth-order valence-corrected chi connectivity index (χ4v) is 3.70. The fraction of sp³-hybridized carbons (Fsp3) is 0.333. The smallest absolute Gasteiger partial charge is 0.220 e. The van der Waals surface area contributed by atoms with Crippen LogP contribution in [0.15, 0.2) is 48.7 Å². The lowest BCUT2D eigenvalue weighted by Gasteiger charge is -2.15. The van der Waals surface area contributed by atoms with Gasteiger partial charge in [0, 0.05) is 24.1 Å². The number of rotatable bonds is 6. The maximum absolute atomic E-state index is 13.2. The van der Waals surface area contributed by atoms with Gasteiger partial charge in [0.15, 0.2) is 11.5 Å². The minimum absolute atomic E-state index is 0.0338. The van der Waals surface area contributed by atoms with E-state index in [0.29, 0.717) is 26.1 Å². The maximum atomic E-state index is 13.2. The van der Waals surface area contributed by atoms with Crippen molar-refractivity contribution in [2.45, 2.75) is 39.2 Å². The number of aromatic nitrogens is 2. The number of benzene rings is 2. The molecule has 2 heterocycles. The molecule has 162 valence electrons. The van der Waals surface area contributed by atoms with Crippen LogP contribution in [0, 0.1) is 12.7 Å². The molecule has 2 aromatic carbocycles. The van der Waals surface area contributed by atoms with E-state index >= 15 is 0 Å². The topological polar surface area (TPSA) is 65.4 Å². The summed E-state index contributed by atoms with van der Waals surface area (Å²) in [4.78, 5) is 12.5. The van der Waals surface area contributed by atoms with Gasteiger partial charge in [-0.3, -0.25) is 4.79 Å². The lowest BCUT2D eigenvalue weighted by Crippen LogP contribution is -2.27. The second-order valence-electron chi connectivity index (χ2n) is 7.69. The number of nitrogens with one attached hydrogen (secondary N) is 1. The van der Waals surface area contributed by atoms with Crippen molar-refractivity contribution in [3.8, 4) is 17.2 Å². The fourth-order valence-electron chi connectivity index (χ4n) is 3.70. The molecule has 0 bridgehead atoms. The van der Waals surface area contributed by atoms with E-state index in [-0.39, 0.29) is 17.8 Å². The molecule has 0 spiro atoms. The Morgan fingerprint density at radius 1 is 1.16 bits per heavy atom. The molecule has 0 fully saturated rings. The van der Waals surface area contributed by atoms with E-state index in [1.165, 1.54) is 12.1 Å². The number of halogens is 1. The Morgan fingerprint density at radius 2 is 1.90 bits per heavy atom. The zero-order valence-corrected chi connectivity index (χ0v) is 17.7. The van der Waals surface area contributed by atoms with Crippen molar-refractivity contribution in [1.82, 2.24) is 15.1 Å². The summed E-state index contributed by atoms with van der Waals surface area (Å²) in [6.07, 6.45) is 3.59. The Labute approximate surface area is 181 Å². The van der Waals surface area contributed by atoms with Gasteiger partial charge in [-0.1, -0.05) is 6.07 Å². The Bertz CT molecular complexity index is 1060. The average Bonchev–Trinajstić information content (AvgIpc) is 2.99. The first-order valence-electron chi connectivity index (χ1n) is 10.5. The van der Waals surface area contributed by atoms with E-state index in [2.05, 4.69) is 10.4 Å². The highest BCUT2D eigenvalue weighted by molar-refractivity contribution is 5.76. The van der Waals surface area contributed by atoms with Crippen LogP contribution in [0.4, 0.5) is 4.39 Å². The molecule has 3 aromatic rings. The van der Waals surface area contributed by atoms with Crippen molar-refractivity contribution in [3.05, 3.63) is 71.3 Å². The SMILES string of the molecule is Cc1c(C(C)NC(=O)CCc2ccc3c(c2)OCCCO3)cnn1-c1ccc(F)cc1. The Kier molecular flexibility index (Phi) is 6.21. The largest absolute Gasteiger partial charge is 0.490 e. The van der Waals surface area contributed by atoms with Crippen LogP contribution in [0.2, 0.25) is 0 Å². The molecule has 6 nitrogen and oxygen atoms in total. The van der Waals surface area contributed by atoms with E-state index in [1.54, 1.807) is 23.0 Å². The third-order valence-electron chi connectivity index (χ3n) is 5.42. The molecular formula is C24H26FN3O3. The summed E-state index contributed by atoms with van der Waals surface area (Å²) < 4.78 is 26.3. The predicted molar refractivity (Wildman–Crippen MR) is 115 cm³/mol. The van der Waals surface area contributed by atoms with Crippen LogP contribution in [0.25, 0.3) is 5.69 Å². The second kappa shape index (κ2) is 9.20. The summed E-state index contributed by atoms with van der Waals surface area (Å²) in [5.41, 5.74) is 3.64. The highest BCUT2D eigenvalue weighted by Crippen LogP contribution is 2.30. The lowest BCUT2D eigenvalue weighted by molar-refractivity contribution is -0.121. The molecule has 1 aliphatic heterocycles. The summed E-state index contributed by atoms with van der Waals surface area (Å²) in [5, 5.41) is 7.45. The van der Waals surface area contributed by atoms with Crippen LogP contribution >= 0.6 is 0 Å². The summed E-state index contributed by atoms with van der Waals surface area (Å²) >= 11 is 0. The van der Waals surface area contributed by atoms with Gasteiger partial charge in [-0.25, -0.2) is 9.07 Å². The van der Waals surface area contributed by atoms with Gasteiger partial charge in [0.05, 0.1) is 31.1 Å². The minimum atomic E-state index is -0.289. The quantitative estimate of drug-likeness (QED) is 0.642. The molecule has 31 heavy (non-hydrogen) atoms. The molecule has 7 heteroatoms. The van der Waals surface area contributed by atoms with Gasteiger partial charge < -0.3 is 14.8 Å². The molecular weight excluding hydrogens is 397 g/mol. The van der Waals surface area contributed by atoms with Crippen molar-refractivity contribution >= 4 is 5.91 Å². The van der Waals surface area contributed by atoms with E-state index in [9.17, 15) is 9.18 Å². The van der Waals surface area contributed by atoms with Crippen LogP contribution in [-0.4, -0.2) is 28.9 Å². The van der Waals surface area contributed by atoms with Crippen LogP contribution in [0.1, 0.15) is 42.6 Å². The predicted octanol–water partition coefficient (Wildman–Crippen LogP) is 4.29. The second-order valence-corrected chi connectivity index (χ2v) is 7.69. The molecule has 1 N–H and O–H groups in total. The third kappa shape index (κ3) is 4.87. The first-order chi connectivity index (χ1) is 15.0. The first-order valence-corrected chi connectivity index (χ1v) is 10.5. The van der Waals surface area contributed by atoms with Crippen molar-refractivity contribution in [1.29, 1.82) is 0 Å². The van der Waals surface area contributed by atoms with Gasteiger partial charge in [-0.2, -0.15) is 5.10 Å². The molecule has 1 aromatic heterocycles. The van der Waals surface area contributed by atoms with Gasteiger partial charge in [-0.15, -0.1) is 0 Å². The molecule has 0 saturated heterocycles. The molecule has 4 rings (SSSR count). The summed E-state index contributed by atoms with van der Waals surface area (Å²) in [6.45, 7) is 5.17. The first kappa shape index (κ1) is 20.9. The lowest BCUT2D eigenvalue weighted by atomic mass is 10.1. The van der Waals surface area contributed by atoms with Gasteiger partial charge in [0.2, 0.25) is 5.91 Å². The Morgan fingerprint density at radius 3 is 2.68 bits per heavy atom. The number of hydrogen-bond acceptors (Lipinski definition) is 4. The number of carbonyl (C=O) groups is 1. The number of carbonyl (C=O) groups excluding carboxylic acids is 1. The standard InChI is InChI=1S/C24H26FN3O3/c1-16(21-15-26-28(17(21)2)20-8-6-19(25)7-9-20)27-24(29)11-5-18-4-10-22-23(14-18)31-13-3-12-30-22/h4,6-10,14-16H,3,5,11-13H2,1-2H3,(H,27,29). The van der Waals surface area contributed by atoms with Gasteiger partial charge in [0.1, 0.15) is 5.82 Å². The van der Waals surface area contributed by atoms with E-state index in [0.717, 1.165) is 40.4 Å². The van der Waals surface area contributed by atoms with Crippen LogP contribution in [0.3, 0.4) is 0 Å². The summed E-state index contributed by atoms with van der Waals surface area (Å²) in [5.74, 6) is 1.18. The molecule has 1 amide bonds. The monoisotopic (exact) mass is 423 g/mol. The number of hydrogen-bond donors (Lipinski definition) is 1. The van der Waals surface area contributed by atoms with E-state index in [1.807, 2.05) is 32.0 Å². The molecule has 1 aliphatic rings. The van der Waals surface area contributed by atoms with Crippen LogP contribution < -0.4 is 14.8 Å². The van der Waals surface area contributed by atoms with E-state index in [4.69, 9.17) is 9.47 Å². The van der Waals surface area contributed by atoms with Gasteiger partial charge in [-0.05, 0) is 62.2 Å². The normalized spacial score (nSPS) is 14.0. The Balaban J connectivity index is 1.36. The van der Waals surface area contributed by atoms with Crippen molar-refractivity contribution in [2.24, 2.45) is 0 Å². The average molecular weight is 423 g/mol. The number of amides is 1. The number of ether oxygens (including phenoxy) is 2. The molecule has 0 radical (unpaired) electrons. The third-order valence-corrected chi connectivity index (χ3v) is 5.42. The van der Waals surface area contributed by atoms with Crippen molar-refractivity contribution in [2.75, 3.05) is 13.2 Å². The number of aryl methyl sites for hydroxylation is 1. The van der Waals surface area contributed by atoms with Crippen molar-refractivity contribution < 1.29 is 18.7 Å². The molecule has 1 unspecified atom stereocenters. The summed E-state index contributed by atoms with van der Waals surface area (Å²) in [7, 11) is 0. The molecule has 1 atom stereocenters. The maximum Gasteiger partial charge on any atom is 0.220 e. The van der Waals surface area contributed by atoms with E-state index < -0.39 is 0 Å². The Hall–Kier alpha value is -3.35. The van der Waals surface area contributed by atoms with Crippen molar-refractivity contribution in [3.63, 3.8) is 0 Å². The summed E-state index contributed by atoms with van der Waals surface area (Å²) in [6, 6.07) is 11.8.